The van der Waals surface area contributed by atoms with Gasteiger partial charge in [0.1, 0.15) is 6.54 Å². The normalized spacial score (nSPS) is 15.8. The Balaban J connectivity index is 1.81. The zero-order valence-electron chi connectivity index (χ0n) is 14.8. The molecule has 1 aromatic carbocycles. The molecule has 26 heavy (non-hydrogen) atoms. The van der Waals surface area contributed by atoms with Gasteiger partial charge in [0.15, 0.2) is 0 Å². The zero-order valence-corrected chi connectivity index (χ0v) is 14.8. The SMILES string of the molecule is COC(=O)CNC(=O)Cc1ccc(NC(=O)C(N)C2CCOCC2)cc1. The Morgan fingerprint density at radius 3 is 2.50 bits per heavy atom. The Morgan fingerprint density at radius 1 is 1.23 bits per heavy atom. The van der Waals surface area contributed by atoms with E-state index in [9.17, 15) is 14.4 Å². The molecule has 8 heteroatoms. The minimum atomic E-state index is -0.567. The number of esters is 1. The minimum absolute atomic E-state index is 0.126. The topological polar surface area (TPSA) is 120 Å². The quantitative estimate of drug-likeness (QED) is 0.596. The number of nitrogens with one attached hydrogen (secondary N) is 2. The van der Waals surface area contributed by atoms with Crippen LogP contribution in [0, 0.1) is 5.92 Å². The second-order valence-corrected chi connectivity index (χ2v) is 6.19. The third-order valence-electron chi connectivity index (χ3n) is 4.32. The Hall–Kier alpha value is -2.45. The highest BCUT2D eigenvalue weighted by atomic mass is 16.5. The first-order valence-corrected chi connectivity index (χ1v) is 8.56. The van der Waals surface area contributed by atoms with Gasteiger partial charge in [0.2, 0.25) is 11.8 Å². The molecule has 1 atom stereocenters. The Labute approximate surface area is 152 Å². The molecule has 142 valence electrons. The molecule has 0 aromatic heterocycles. The van der Waals surface area contributed by atoms with Crippen molar-refractivity contribution >= 4 is 23.5 Å². The molecule has 2 rings (SSSR count). The number of carbonyl (C=O) groups excluding carboxylic acids is 3. The molecule has 1 saturated heterocycles. The van der Waals surface area contributed by atoms with Crippen LogP contribution < -0.4 is 16.4 Å². The summed E-state index contributed by atoms with van der Waals surface area (Å²) in [7, 11) is 1.26. The van der Waals surface area contributed by atoms with Crippen LogP contribution in [0.4, 0.5) is 5.69 Å². The molecule has 0 spiro atoms. The monoisotopic (exact) mass is 363 g/mol. The Kier molecular flexibility index (Phi) is 7.55. The molecule has 0 saturated carbocycles. The van der Waals surface area contributed by atoms with Gasteiger partial charge in [-0.1, -0.05) is 12.1 Å². The van der Waals surface area contributed by atoms with Gasteiger partial charge >= 0.3 is 5.97 Å². The van der Waals surface area contributed by atoms with Crippen molar-refractivity contribution in [1.29, 1.82) is 0 Å². The largest absolute Gasteiger partial charge is 0.468 e. The number of carbonyl (C=O) groups is 3. The summed E-state index contributed by atoms with van der Waals surface area (Å²) >= 11 is 0. The molecule has 0 bridgehead atoms. The molecule has 4 N–H and O–H groups in total. The van der Waals surface area contributed by atoms with Gasteiger partial charge in [-0.15, -0.1) is 0 Å². The average Bonchev–Trinajstić information content (AvgIpc) is 2.67. The van der Waals surface area contributed by atoms with Crippen LogP contribution in [-0.4, -0.2) is 50.7 Å². The number of rotatable bonds is 7. The standard InChI is InChI=1S/C18H25N3O5/c1-25-16(23)11-20-15(22)10-12-2-4-14(5-3-12)21-18(24)17(19)13-6-8-26-9-7-13/h2-5,13,17H,6-11,19H2,1H3,(H,20,22)(H,21,24). The van der Waals surface area contributed by atoms with Gasteiger partial charge in [-0.25, -0.2) is 0 Å². The summed E-state index contributed by atoms with van der Waals surface area (Å²) in [6.07, 6.45) is 1.70. The van der Waals surface area contributed by atoms with Gasteiger partial charge in [-0.05, 0) is 36.5 Å². The van der Waals surface area contributed by atoms with Crippen molar-refractivity contribution in [2.24, 2.45) is 11.7 Å². The van der Waals surface area contributed by atoms with Crippen LogP contribution in [0.15, 0.2) is 24.3 Å². The molecule has 1 aliphatic rings. The maximum absolute atomic E-state index is 12.3. The smallest absolute Gasteiger partial charge is 0.325 e. The lowest BCUT2D eigenvalue weighted by Gasteiger charge is -2.26. The van der Waals surface area contributed by atoms with Crippen LogP contribution in [0.5, 0.6) is 0 Å². The second kappa shape index (κ2) is 9.88. The van der Waals surface area contributed by atoms with Crippen molar-refractivity contribution in [2.75, 3.05) is 32.2 Å². The van der Waals surface area contributed by atoms with Crippen LogP contribution in [-0.2, 0) is 30.3 Å². The summed E-state index contributed by atoms with van der Waals surface area (Å²) in [5, 5.41) is 5.27. The minimum Gasteiger partial charge on any atom is -0.468 e. The van der Waals surface area contributed by atoms with Crippen LogP contribution in [0.2, 0.25) is 0 Å². The van der Waals surface area contributed by atoms with Crippen LogP contribution in [0.3, 0.4) is 0 Å². The van der Waals surface area contributed by atoms with Gasteiger partial charge in [0, 0.05) is 18.9 Å². The molecule has 0 radical (unpaired) electrons. The molecular weight excluding hydrogens is 338 g/mol. The van der Waals surface area contributed by atoms with Crippen LogP contribution >= 0.6 is 0 Å². The predicted molar refractivity (Wildman–Crippen MR) is 95.3 cm³/mol. The number of nitrogens with two attached hydrogens (primary N) is 1. The zero-order chi connectivity index (χ0) is 18.9. The molecule has 1 fully saturated rings. The van der Waals surface area contributed by atoms with Crippen molar-refractivity contribution in [3.05, 3.63) is 29.8 Å². The van der Waals surface area contributed by atoms with Gasteiger partial charge in [0.25, 0.3) is 0 Å². The molecule has 1 aromatic rings. The summed E-state index contributed by atoms with van der Waals surface area (Å²) in [5.41, 5.74) is 7.43. The fourth-order valence-electron chi connectivity index (χ4n) is 2.71. The summed E-state index contributed by atoms with van der Waals surface area (Å²) in [4.78, 5) is 35.0. The highest BCUT2D eigenvalue weighted by molar-refractivity contribution is 5.95. The van der Waals surface area contributed by atoms with Crippen molar-refractivity contribution < 1.29 is 23.9 Å². The first kappa shape index (κ1) is 19.9. The summed E-state index contributed by atoms with van der Waals surface area (Å²) in [5.74, 6) is -0.881. The van der Waals surface area contributed by atoms with Crippen molar-refractivity contribution in [1.82, 2.24) is 5.32 Å². The maximum atomic E-state index is 12.3. The Bertz CT molecular complexity index is 626. The molecule has 8 nitrogen and oxygen atoms in total. The van der Waals surface area contributed by atoms with E-state index >= 15 is 0 Å². The molecule has 1 aliphatic heterocycles. The first-order chi connectivity index (χ1) is 12.5. The maximum Gasteiger partial charge on any atom is 0.325 e. The second-order valence-electron chi connectivity index (χ2n) is 6.19. The van der Waals surface area contributed by atoms with Crippen molar-refractivity contribution in [3.63, 3.8) is 0 Å². The van der Waals surface area contributed by atoms with Gasteiger partial charge in [0.05, 0.1) is 19.6 Å². The number of methoxy groups -OCH3 is 1. The van der Waals surface area contributed by atoms with E-state index in [1.54, 1.807) is 24.3 Å². The first-order valence-electron chi connectivity index (χ1n) is 8.56. The van der Waals surface area contributed by atoms with E-state index in [-0.39, 0.29) is 30.7 Å². The third-order valence-corrected chi connectivity index (χ3v) is 4.32. The van der Waals surface area contributed by atoms with Gasteiger partial charge in [-0.2, -0.15) is 0 Å². The van der Waals surface area contributed by atoms with E-state index in [1.807, 2.05) is 0 Å². The van der Waals surface area contributed by atoms with E-state index < -0.39 is 12.0 Å². The van der Waals surface area contributed by atoms with Crippen LogP contribution in [0.25, 0.3) is 0 Å². The fourth-order valence-corrected chi connectivity index (χ4v) is 2.71. The van der Waals surface area contributed by atoms with E-state index in [1.165, 1.54) is 7.11 Å². The summed E-state index contributed by atoms with van der Waals surface area (Å²) in [6.45, 7) is 1.12. The number of benzene rings is 1. The van der Waals surface area contributed by atoms with E-state index in [0.29, 0.717) is 18.9 Å². The molecular formula is C18H25N3O5. The Morgan fingerprint density at radius 2 is 1.88 bits per heavy atom. The highest BCUT2D eigenvalue weighted by Gasteiger charge is 2.26. The lowest BCUT2D eigenvalue weighted by atomic mass is 9.92. The van der Waals surface area contributed by atoms with E-state index in [0.717, 1.165) is 18.4 Å². The van der Waals surface area contributed by atoms with E-state index in [4.69, 9.17) is 10.5 Å². The lowest BCUT2D eigenvalue weighted by molar-refractivity contribution is -0.141. The molecule has 2 amide bonds. The van der Waals surface area contributed by atoms with Crippen LogP contribution in [0.1, 0.15) is 18.4 Å². The number of anilines is 1. The third kappa shape index (κ3) is 6.12. The number of ether oxygens (including phenoxy) is 2. The highest BCUT2D eigenvalue weighted by Crippen LogP contribution is 2.19. The fraction of sp³-hybridized carbons (Fsp3) is 0.500. The lowest BCUT2D eigenvalue weighted by Crippen LogP contribution is -2.44. The number of amides is 2. The number of hydrogen-bond donors (Lipinski definition) is 3. The molecule has 1 unspecified atom stereocenters. The average molecular weight is 363 g/mol. The van der Waals surface area contributed by atoms with Gasteiger partial charge < -0.3 is 25.8 Å². The number of hydrogen-bond acceptors (Lipinski definition) is 6. The van der Waals surface area contributed by atoms with Crippen molar-refractivity contribution in [3.8, 4) is 0 Å². The van der Waals surface area contributed by atoms with E-state index in [2.05, 4.69) is 15.4 Å². The summed E-state index contributed by atoms with van der Waals surface area (Å²) < 4.78 is 9.74. The molecule has 0 aliphatic carbocycles. The molecule has 1 heterocycles. The van der Waals surface area contributed by atoms with Crippen molar-refractivity contribution in [2.45, 2.75) is 25.3 Å². The predicted octanol–water partition coefficient (Wildman–Crippen LogP) is 0.211. The summed E-state index contributed by atoms with van der Waals surface area (Å²) in [6, 6.07) is 6.36. The van der Waals surface area contributed by atoms with Gasteiger partial charge in [-0.3, -0.25) is 14.4 Å².